The predicted molar refractivity (Wildman–Crippen MR) is 116 cm³/mol. The first kappa shape index (κ1) is 19.3. The summed E-state index contributed by atoms with van der Waals surface area (Å²) in [6.45, 7) is 0.275. The van der Waals surface area contributed by atoms with Crippen molar-refractivity contribution >= 4 is 28.8 Å². The summed E-state index contributed by atoms with van der Waals surface area (Å²) in [5, 5.41) is 5.77. The second kappa shape index (κ2) is 8.55. The van der Waals surface area contributed by atoms with Gasteiger partial charge < -0.3 is 5.32 Å². The number of aromatic nitrogens is 1. The maximum atomic E-state index is 13.8. The lowest BCUT2D eigenvalue weighted by Gasteiger charge is -2.08. The van der Waals surface area contributed by atoms with E-state index in [2.05, 4.69) is 5.32 Å². The molecule has 0 aliphatic heterocycles. The Morgan fingerprint density at radius 1 is 0.966 bits per heavy atom. The molecule has 3 aromatic carbocycles. The molecular weight excluding hydrogens is 407 g/mol. The van der Waals surface area contributed by atoms with Crippen LogP contribution in [-0.2, 0) is 6.54 Å². The lowest BCUT2D eigenvalue weighted by molar-refractivity contribution is 0.0947. The fourth-order valence-corrected chi connectivity index (χ4v) is 3.98. The monoisotopic (exact) mass is 422 g/mol. The number of halogens is 2. The minimum atomic E-state index is -0.636. The van der Waals surface area contributed by atoms with Crippen LogP contribution in [0.25, 0.3) is 21.8 Å². The summed E-state index contributed by atoms with van der Waals surface area (Å²) in [5.74, 6) is -1.17. The second-order valence-electron chi connectivity index (χ2n) is 6.38. The number of thiazole rings is 1. The zero-order valence-corrected chi connectivity index (χ0v) is 16.8. The molecule has 144 valence electrons. The average molecular weight is 423 g/mol. The van der Waals surface area contributed by atoms with Crippen LogP contribution in [0.3, 0.4) is 0 Å². The number of hydrogen-bond acceptors (Lipinski definition) is 3. The van der Waals surface area contributed by atoms with E-state index in [0.717, 1.165) is 27.4 Å². The fourth-order valence-electron chi connectivity index (χ4n) is 2.90. The summed E-state index contributed by atoms with van der Waals surface area (Å²) in [6.07, 6.45) is 0. The maximum absolute atomic E-state index is 13.8. The van der Waals surface area contributed by atoms with Crippen molar-refractivity contribution in [1.29, 1.82) is 0 Å². The van der Waals surface area contributed by atoms with Crippen molar-refractivity contribution in [2.75, 3.05) is 0 Å². The van der Waals surface area contributed by atoms with Crippen LogP contribution in [0.1, 0.15) is 15.9 Å². The van der Waals surface area contributed by atoms with Crippen LogP contribution >= 0.6 is 22.9 Å². The quantitative estimate of drug-likeness (QED) is 0.416. The molecule has 6 heteroatoms. The molecule has 1 N–H and O–H groups in total. The fraction of sp³-hybridized carbons (Fsp3) is 0.0435. The van der Waals surface area contributed by atoms with E-state index in [4.69, 9.17) is 16.6 Å². The molecule has 3 nitrogen and oxygen atoms in total. The largest absolute Gasteiger partial charge is 0.348 e. The number of amides is 1. The van der Waals surface area contributed by atoms with Gasteiger partial charge in [-0.2, -0.15) is 0 Å². The zero-order chi connectivity index (χ0) is 20.2. The van der Waals surface area contributed by atoms with E-state index in [1.807, 2.05) is 60.0 Å². The van der Waals surface area contributed by atoms with E-state index in [-0.39, 0.29) is 17.1 Å². The number of nitrogens with one attached hydrogen (secondary N) is 1. The van der Waals surface area contributed by atoms with Gasteiger partial charge in [-0.05, 0) is 17.7 Å². The van der Waals surface area contributed by atoms with Crippen LogP contribution in [0.5, 0.6) is 0 Å². The van der Waals surface area contributed by atoms with Gasteiger partial charge >= 0.3 is 0 Å². The summed E-state index contributed by atoms with van der Waals surface area (Å²) in [6, 6.07) is 22.0. The highest BCUT2D eigenvalue weighted by atomic mass is 35.5. The Balaban J connectivity index is 1.44. The van der Waals surface area contributed by atoms with Gasteiger partial charge in [0, 0.05) is 23.1 Å². The number of carbonyl (C=O) groups is 1. The maximum Gasteiger partial charge on any atom is 0.256 e. The first-order chi connectivity index (χ1) is 14.1. The SMILES string of the molecule is O=C(NCc1ccc(-c2nc(-c3ccccc3)cs2)cc1)c1c(F)cccc1Cl. The minimum Gasteiger partial charge on any atom is -0.348 e. The molecule has 0 saturated carbocycles. The van der Waals surface area contributed by atoms with Crippen molar-refractivity contribution in [3.63, 3.8) is 0 Å². The van der Waals surface area contributed by atoms with Crippen LogP contribution in [0, 0.1) is 5.82 Å². The number of rotatable bonds is 5. The number of nitrogens with zero attached hydrogens (tertiary/aromatic N) is 1. The third-order valence-corrected chi connectivity index (χ3v) is 5.62. The van der Waals surface area contributed by atoms with E-state index in [1.165, 1.54) is 18.2 Å². The van der Waals surface area contributed by atoms with Crippen LogP contribution in [0.15, 0.2) is 78.2 Å². The van der Waals surface area contributed by atoms with Crippen molar-refractivity contribution in [3.8, 4) is 21.8 Å². The summed E-state index contributed by atoms with van der Waals surface area (Å²) < 4.78 is 13.8. The highest BCUT2D eigenvalue weighted by Crippen LogP contribution is 2.29. The third-order valence-electron chi connectivity index (χ3n) is 4.42. The van der Waals surface area contributed by atoms with E-state index >= 15 is 0 Å². The highest BCUT2D eigenvalue weighted by Gasteiger charge is 2.15. The number of carbonyl (C=O) groups excluding carboxylic acids is 1. The molecule has 4 rings (SSSR count). The Morgan fingerprint density at radius 2 is 1.72 bits per heavy atom. The van der Waals surface area contributed by atoms with E-state index in [1.54, 1.807) is 11.3 Å². The standard InChI is InChI=1S/C23H16ClFN2OS/c24-18-7-4-8-19(25)21(18)22(28)26-13-15-9-11-17(12-10-15)23-27-20(14-29-23)16-5-2-1-3-6-16/h1-12,14H,13H2,(H,26,28). The lowest BCUT2D eigenvalue weighted by Crippen LogP contribution is -2.24. The van der Waals surface area contributed by atoms with Crippen LogP contribution < -0.4 is 5.32 Å². The summed E-state index contributed by atoms with van der Waals surface area (Å²) in [5.41, 5.74) is 3.80. The molecule has 0 atom stereocenters. The zero-order valence-electron chi connectivity index (χ0n) is 15.2. The smallest absolute Gasteiger partial charge is 0.256 e. The first-order valence-electron chi connectivity index (χ1n) is 8.94. The van der Waals surface area contributed by atoms with Gasteiger partial charge in [0.1, 0.15) is 10.8 Å². The molecule has 0 radical (unpaired) electrons. The van der Waals surface area contributed by atoms with Crippen molar-refractivity contribution in [3.05, 3.63) is 100 Å². The van der Waals surface area contributed by atoms with Gasteiger partial charge in [0.05, 0.1) is 16.3 Å². The Hall–Kier alpha value is -3.02. The molecule has 0 aliphatic rings. The Bertz CT molecular complexity index is 1120. The van der Waals surface area contributed by atoms with Crippen LogP contribution in [-0.4, -0.2) is 10.9 Å². The van der Waals surface area contributed by atoms with Crippen LogP contribution in [0.4, 0.5) is 4.39 Å². The molecule has 0 spiro atoms. The first-order valence-corrected chi connectivity index (χ1v) is 10.2. The van der Waals surface area contributed by atoms with Gasteiger partial charge in [0.15, 0.2) is 0 Å². The third kappa shape index (κ3) is 4.36. The molecule has 1 heterocycles. The van der Waals surface area contributed by atoms with E-state index in [9.17, 15) is 9.18 Å². The van der Waals surface area contributed by atoms with Gasteiger partial charge in [0.25, 0.3) is 5.91 Å². The molecule has 0 unspecified atom stereocenters. The van der Waals surface area contributed by atoms with Gasteiger partial charge in [-0.1, -0.05) is 72.3 Å². The molecule has 1 aromatic heterocycles. The molecule has 0 saturated heterocycles. The average Bonchev–Trinajstić information content (AvgIpc) is 3.23. The van der Waals surface area contributed by atoms with Gasteiger partial charge in [-0.25, -0.2) is 9.37 Å². The van der Waals surface area contributed by atoms with E-state index < -0.39 is 11.7 Å². The second-order valence-corrected chi connectivity index (χ2v) is 7.65. The summed E-state index contributed by atoms with van der Waals surface area (Å²) >= 11 is 7.52. The molecular formula is C23H16ClFN2OS. The molecule has 4 aromatic rings. The normalized spacial score (nSPS) is 10.7. The molecule has 1 amide bonds. The van der Waals surface area contributed by atoms with Crippen molar-refractivity contribution in [1.82, 2.24) is 10.3 Å². The van der Waals surface area contributed by atoms with E-state index in [0.29, 0.717) is 0 Å². The molecule has 0 bridgehead atoms. The topological polar surface area (TPSA) is 42.0 Å². The Kier molecular flexibility index (Phi) is 5.69. The Morgan fingerprint density at radius 3 is 2.45 bits per heavy atom. The van der Waals surface area contributed by atoms with Gasteiger partial charge in [0.2, 0.25) is 0 Å². The van der Waals surface area contributed by atoms with Crippen molar-refractivity contribution < 1.29 is 9.18 Å². The molecule has 29 heavy (non-hydrogen) atoms. The lowest BCUT2D eigenvalue weighted by atomic mass is 10.1. The van der Waals surface area contributed by atoms with Crippen LogP contribution in [0.2, 0.25) is 5.02 Å². The predicted octanol–water partition coefficient (Wildman–Crippen LogP) is 6.20. The summed E-state index contributed by atoms with van der Waals surface area (Å²) in [7, 11) is 0. The molecule has 0 aliphatic carbocycles. The minimum absolute atomic E-state index is 0.0934. The highest BCUT2D eigenvalue weighted by molar-refractivity contribution is 7.13. The van der Waals surface area contributed by atoms with Crippen molar-refractivity contribution in [2.24, 2.45) is 0 Å². The summed E-state index contributed by atoms with van der Waals surface area (Å²) in [4.78, 5) is 16.9. The van der Waals surface area contributed by atoms with Gasteiger partial charge in [-0.3, -0.25) is 4.79 Å². The molecule has 0 fully saturated rings. The number of benzene rings is 3. The van der Waals surface area contributed by atoms with Gasteiger partial charge in [-0.15, -0.1) is 11.3 Å². The number of hydrogen-bond donors (Lipinski definition) is 1. The Labute approximate surface area is 176 Å². The van der Waals surface area contributed by atoms with Crippen molar-refractivity contribution in [2.45, 2.75) is 6.54 Å².